The quantitative estimate of drug-likeness (QED) is 0.299. The number of carbonyl (C=O) groups excluding carboxylic acids is 1. The van der Waals surface area contributed by atoms with Gasteiger partial charge in [0.25, 0.3) is 0 Å². The second-order valence-corrected chi connectivity index (χ2v) is 8.83. The van der Waals surface area contributed by atoms with Crippen LogP contribution in [-0.4, -0.2) is 64.9 Å². The first-order chi connectivity index (χ1) is 14.3. The van der Waals surface area contributed by atoms with E-state index in [0.29, 0.717) is 12.8 Å². The van der Waals surface area contributed by atoms with Crippen molar-refractivity contribution in [3.8, 4) is 0 Å². The third kappa shape index (κ3) is 10.6. The van der Waals surface area contributed by atoms with Crippen LogP contribution in [0.25, 0.3) is 0 Å². The Morgan fingerprint density at radius 3 is 2.03 bits per heavy atom. The molecule has 0 amide bonds. The maximum Gasteiger partial charge on any atom is 0.311 e. The summed E-state index contributed by atoms with van der Waals surface area (Å²) < 4.78 is 18.8. The molecule has 0 bridgehead atoms. The lowest BCUT2D eigenvalue weighted by molar-refractivity contribution is -0.229. The summed E-state index contributed by atoms with van der Waals surface area (Å²) in [5, 5.41) is 33.5. The molecule has 188 valence electrons. The van der Waals surface area contributed by atoms with Crippen molar-refractivity contribution in [3.63, 3.8) is 0 Å². The van der Waals surface area contributed by atoms with E-state index < -0.39 is 47.8 Å². The Bertz CT molecular complexity index is 477. The zero-order valence-electron chi connectivity index (χ0n) is 21.2. The number of rotatable bonds is 14. The Labute approximate surface area is 188 Å². The highest BCUT2D eigenvalue weighted by Crippen LogP contribution is 2.35. The number of nitrogens with one attached hydrogen (secondary N) is 1. The Hall–Kier alpha value is -0.800. The van der Waals surface area contributed by atoms with Crippen LogP contribution in [0.2, 0.25) is 0 Å². The maximum absolute atomic E-state index is 13.5. The molecule has 9 atom stereocenters. The molecule has 0 heterocycles. The Morgan fingerprint density at radius 2 is 1.65 bits per heavy atom. The second-order valence-electron chi connectivity index (χ2n) is 8.83. The van der Waals surface area contributed by atoms with Gasteiger partial charge < -0.3 is 25.4 Å². The first kappa shape index (κ1) is 32.4. The minimum Gasteiger partial charge on any atom is -0.459 e. The molecule has 0 aromatic rings. The number of hydrogen-bond acceptors (Lipinski definition) is 7. The topological polar surface area (TPSA) is 108 Å². The van der Waals surface area contributed by atoms with Gasteiger partial charge in [0.15, 0.2) is 0 Å². The molecular formula is C23H48FNO6. The van der Waals surface area contributed by atoms with E-state index in [9.17, 15) is 24.6 Å². The molecule has 0 aliphatic heterocycles. The first-order valence-electron chi connectivity index (χ1n) is 11.5. The highest BCUT2D eigenvalue weighted by atomic mass is 19.3. The standard InChI is InChI=1S/C21H42FNO6.C2H6/c1-9-17(18(25)16(6)24)28-20(26)14(4)19(29-22)13(3)15(5)21(7,27)10-12(2)11-23-8;1-2/h12-19,23-25,27H,9-11H2,1-8H3;1-2H3/t12-,13-,14?,15-,16?,17-,18?,19+,21-;/m1./s1. The van der Waals surface area contributed by atoms with Crippen LogP contribution in [0.3, 0.4) is 0 Å². The van der Waals surface area contributed by atoms with E-state index in [-0.39, 0.29) is 11.8 Å². The summed E-state index contributed by atoms with van der Waals surface area (Å²) in [5.74, 6) is -2.31. The van der Waals surface area contributed by atoms with Crippen LogP contribution in [0.1, 0.15) is 75.2 Å². The monoisotopic (exact) mass is 453 g/mol. The molecule has 0 saturated heterocycles. The van der Waals surface area contributed by atoms with Gasteiger partial charge in [-0.1, -0.05) is 41.5 Å². The normalized spacial score (nSPS) is 21.2. The fourth-order valence-electron chi connectivity index (χ4n) is 3.87. The van der Waals surface area contributed by atoms with E-state index in [2.05, 4.69) is 10.3 Å². The number of ether oxygens (including phenoxy) is 1. The lowest BCUT2D eigenvalue weighted by Crippen LogP contribution is -2.46. The highest BCUT2D eigenvalue weighted by Gasteiger charge is 2.42. The van der Waals surface area contributed by atoms with Gasteiger partial charge in [-0.3, -0.25) is 4.79 Å². The molecule has 0 aliphatic rings. The molecule has 7 nitrogen and oxygen atoms in total. The predicted octanol–water partition coefficient (Wildman–Crippen LogP) is 3.25. The van der Waals surface area contributed by atoms with Gasteiger partial charge in [-0.15, -0.1) is 0 Å². The van der Waals surface area contributed by atoms with E-state index in [1.54, 1.807) is 20.8 Å². The molecule has 3 unspecified atom stereocenters. The van der Waals surface area contributed by atoms with Crippen LogP contribution in [0.5, 0.6) is 0 Å². The molecule has 0 radical (unpaired) electrons. The molecular weight excluding hydrogens is 405 g/mol. The van der Waals surface area contributed by atoms with Crippen molar-refractivity contribution >= 4 is 5.97 Å². The van der Waals surface area contributed by atoms with Crippen molar-refractivity contribution in [2.24, 2.45) is 23.7 Å². The third-order valence-corrected chi connectivity index (χ3v) is 6.11. The van der Waals surface area contributed by atoms with Crippen LogP contribution < -0.4 is 5.32 Å². The van der Waals surface area contributed by atoms with Gasteiger partial charge in [0.2, 0.25) is 0 Å². The van der Waals surface area contributed by atoms with Crippen molar-refractivity contribution in [3.05, 3.63) is 0 Å². The van der Waals surface area contributed by atoms with Crippen LogP contribution in [0.4, 0.5) is 4.53 Å². The molecule has 0 saturated carbocycles. The number of aliphatic hydroxyl groups excluding tert-OH is 2. The fraction of sp³-hybridized carbons (Fsp3) is 0.957. The molecule has 0 aliphatic carbocycles. The minimum atomic E-state index is -1.23. The molecule has 0 spiro atoms. The lowest BCUT2D eigenvalue weighted by atomic mass is 9.73. The summed E-state index contributed by atoms with van der Waals surface area (Å²) >= 11 is 0. The SMILES string of the molecule is CC.CC[C@@H](OC(=O)C(C)[C@@H](OF)[C@H](C)[C@@H](C)[C@](C)(O)C[C@@H](C)CNC)C(O)C(C)O. The second kappa shape index (κ2) is 15.9. The lowest BCUT2D eigenvalue weighted by Gasteiger charge is -2.39. The number of hydrogen-bond donors (Lipinski definition) is 4. The Morgan fingerprint density at radius 1 is 1.13 bits per heavy atom. The summed E-state index contributed by atoms with van der Waals surface area (Å²) in [6, 6.07) is 0. The summed E-state index contributed by atoms with van der Waals surface area (Å²) in [7, 11) is 1.84. The van der Waals surface area contributed by atoms with Crippen molar-refractivity contribution < 1.29 is 34.3 Å². The van der Waals surface area contributed by atoms with Crippen LogP contribution in [-0.2, 0) is 14.5 Å². The number of halogens is 1. The van der Waals surface area contributed by atoms with Gasteiger partial charge in [0.1, 0.15) is 18.3 Å². The zero-order valence-corrected chi connectivity index (χ0v) is 21.2. The van der Waals surface area contributed by atoms with Gasteiger partial charge in [0, 0.05) is 0 Å². The van der Waals surface area contributed by atoms with E-state index >= 15 is 0 Å². The van der Waals surface area contributed by atoms with Gasteiger partial charge in [-0.25, -0.2) is 0 Å². The van der Waals surface area contributed by atoms with Crippen molar-refractivity contribution in [2.75, 3.05) is 13.6 Å². The molecule has 0 fully saturated rings. The van der Waals surface area contributed by atoms with Crippen LogP contribution >= 0.6 is 0 Å². The fourth-order valence-corrected chi connectivity index (χ4v) is 3.87. The molecule has 31 heavy (non-hydrogen) atoms. The van der Waals surface area contributed by atoms with Gasteiger partial charge in [-0.05, 0) is 69.5 Å². The molecule has 0 aromatic heterocycles. The van der Waals surface area contributed by atoms with E-state index in [1.165, 1.54) is 13.8 Å². The van der Waals surface area contributed by atoms with Gasteiger partial charge in [-0.2, -0.15) is 4.94 Å². The Kier molecular flexibility index (Phi) is 16.6. The van der Waals surface area contributed by atoms with Crippen molar-refractivity contribution in [1.82, 2.24) is 5.32 Å². The molecule has 4 N–H and O–H groups in total. The third-order valence-electron chi connectivity index (χ3n) is 6.11. The number of esters is 1. The first-order valence-corrected chi connectivity index (χ1v) is 11.5. The van der Waals surface area contributed by atoms with Crippen LogP contribution in [0.15, 0.2) is 0 Å². The molecule has 8 heteroatoms. The average molecular weight is 454 g/mol. The van der Waals surface area contributed by atoms with Gasteiger partial charge in [0.05, 0.1) is 17.6 Å². The number of carbonyl (C=O) groups is 1. The average Bonchev–Trinajstić information content (AvgIpc) is 2.71. The smallest absolute Gasteiger partial charge is 0.311 e. The summed E-state index contributed by atoms with van der Waals surface area (Å²) in [6.45, 7) is 16.6. The molecule has 0 rings (SSSR count). The summed E-state index contributed by atoms with van der Waals surface area (Å²) in [5.41, 5.74) is -1.08. The molecule has 0 aromatic carbocycles. The van der Waals surface area contributed by atoms with Gasteiger partial charge >= 0.3 is 5.97 Å². The maximum atomic E-state index is 13.5. The van der Waals surface area contributed by atoms with E-state index in [1.807, 2.05) is 34.7 Å². The zero-order chi connectivity index (χ0) is 24.9. The summed E-state index contributed by atoms with van der Waals surface area (Å²) in [6.07, 6.45) is -3.50. The minimum absolute atomic E-state index is 0.212. The largest absolute Gasteiger partial charge is 0.459 e. The highest BCUT2D eigenvalue weighted by molar-refractivity contribution is 5.73. The predicted molar refractivity (Wildman–Crippen MR) is 121 cm³/mol. The van der Waals surface area contributed by atoms with Crippen molar-refractivity contribution in [1.29, 1.82) is 0 Å². The van der Waals surface area contributed by atoms with E-state index in [4.69, 9.17) is 4.74 Å². The summed E-state index contributed by atoms with van der Waals surface area (Å²) in [4.78, 5) is 16.7. The van der Waals surface area contributed by atoms with E-state index in [0.717, 1.165) is 6.54 Å². The van der Waals surface area contributed by atoms with Crippen molar-refractivity contribution in [2.45, 2.75) is 105 Å². The Balaban J connectivity index is 0. The number of aliphatic hydroxyl groups is 3. The van der Waals surface area contributed by atoms with Crippen LogP contribution in [0, 0.1) is 23.7 Å².